The molecule has 0 aliphatic heterocycles. The van der Waals surface area contributed by atoms with Crippen LogP contribution in [0.3, 0.4) is 0 Å². The average Bonchev–Trinajstić information content (AvgIpc) is 3.26. The molecular formula is C16H11F2N3O2S2. The molecule has 0 aliphatic rings. The van der Waals surface area contributed by atoms with Gasteiger partial charge in [0.1, 0.15) is 10.7 Å². The minimum atomic E-state index is -1.06. The van der Waals surface area contributed by atoms with E-state index in [9.17, 15) is 18.4 Å². The van der Waals surface area contributed by atoms with Crippen LogP contribution in [0, 0.1) is 11.6 Å². The van der Waals surface area contributed by atoms with Crippen molar-refractivity contribution in [3.05, 3.63) is 58.4 Å². The van der Waals surface area contributed by atoms with Gasteiger partial charge in [-0.3, -0.25) is 9.59 Å². The Hall–Kier alpha value is -2.65. The predicted octanol–water partition coefficient (Wildman–Crippen LogP) is 3.52. The third kappa shape index (κ3) is 4.25. The number of benzene rings is 1. The lowest BCUT2D eigenvalue weighted by molar-refractivity contribution is -0.115. The van der Waals surface area contributed by atoms with Crippen molar-refractivity contribution in [1.29, 1.82) is 0 Å². The van der Waals surface area contributed by atoms with E-state index in [0.717, 1.165) is 22.0 Å². The van der Waals surface area contributed by atoms with Gasteiger partial charge in [-0.15, -0.1) is 22.7 Å². The zero-order chi connectivity index (χ0) is 17.8. The molecule has 2 N–H and O–H groups in total. The average molecular weight is 379 g/mol. The van der Waals surface area contributed by atoms with E-state index in [2.05, 4.69) is 15.6 Å². The molecule has 2 amide bonds. The molecule has 2 aromatic heterocycles. The number of thiazole rings is 1. The summed E-state index contributed by atoms with van der Waals surface area (Å²) in [5, 5.41) is 9.05. The maximum atomic E-state index is 13.1. The maximum absolute atomic E-state index is 13.1. The van der Waals surface area contributed by atoms with E-state index in [1.54, 1.807) is 5.38 Å². The molecule has 0 atom stereocenters. The summed E-state index contributed by atoms with van der Waals surface area (Å²) in [6.45, 7) is -0.316. The highest BCUT2D eigenvalue weighted by Gasteiger charge is 2.14. The highest BCUT2D eigenvalue weighted by Crippen LogP contribution is 2.27. The molecule has 2 heterocycles. The van der Waals surface area contributed by atoms with Crippen molar-refractivity contribution >= 4 is 40.2 Å². The van der Waals surface area contributed by atoms with E-state index in [-0.39, 0.29) is 17.9 Å². The molecule has 0 saturated carbocycles. The van der Waals surface area contributed by atoms with Crippen LogP contribution in [0.4, 0.5) is 14.5 Å². The van der Waals surface area contributed by atoms with Gasteiger partial charge in [0.05, 0.1) is 11.4 Å². The summed E-state index contributed by atoms with van der Waals surface area (Å²) >= 11 is 2.85. The number of nitrogens with zero attached hydrogens (tertiary/aromatic N) is 1. The van der Waals surface area contributed by atoms with Crippen molar-refractivity contribution in [2.45, 2.75) is 0 Å². The molecule has 128 valence electrons. The highest BCUT2D eigenvalue weighted by molar-refractivity contribution is 7.20. The lowest BCUT2D eigenvalue weighted by atomic mass is 10.3. The highest BCUT2D eigenvalue weighted by atomic mass is 32.1. The number of amides is 2. The molecule has 0 spiro atoms. The van der Waals surface area contributed by atoms with Gasteiger partial charge in [0.15, 0.2) is 11.6 Å². The number of halogens is 2. The maximum Gasteiger partial charge on any atom is 0.271 e. The molecule has 0 radical (unpaired) electrons. The monoisotopic (exact) mass is 379 g/mol. The number of carbonyl (C=O) groups excluding carboxylic acids is 2. The van der Waals surface area contributed by atoms with Crippen LogP contribution in [-0.2, 0) is 4.79 Å². The topological polar surface area (TPSA) is 71.1 Å². The summed E-state index contributed by atoms with van der Waals surface area (Å²) in [6, 6.07) is 6.80. The van der Waals surface area contributed by atoms with Crippen LogP contribution in [0.1, 0.15) is 10.5 Å². The number of carbonyl (C=O) groups is 2. The number of rotatable bonds is 5. The molecule has 0 unspecified atom stereocenters. The Morgan fingerprint density at radius 2 is 1.96 bits per heavy atom. The molecule has 0 saturated heterocycles. The second-order valence-corrected chi connectivity index (χ2v) is 6.68. The molecular weight excluding hydrogens is 368 g/mol. The minimum absolute atomic E-state index is 0.104. The van der Waals surface area contributed by atoms with Gasteiger partial charge in [0.25, 0.3) is 5.91 Å². The number of aromatic nitrogens is 1. The number of anilines is 1. The molecule has 3 rings (SSSR count). The fourth-order valence-corrected chi connectivity index (χ4v) is 3.54. The van der Waals surface area contributed by atoms with Crippen LogP contribution >= 0.6 is 22.7 Å². The summed E-state index contributed by atoms with van der Waals surface area (Å²) in [4.78, 5) is 29.0. The van der Waals surface area contributed by atoms with Crippen LogP contribution in [0.15, 0.2) is 41.1 Å². The molecule has 3 aromatic rings. The Morgan fingerprint density at radius 3 is 2.68 bits per heavy atom. The minimum Gasteiger partial charge on any atom is -0.342 e. The smallest absolute Gasteiger partial charge is 0.271 e. The SMILES string of the molecule is O=C(CNC(=O)c1csc(-c2cccs2)n1)Nc1ccc(F)c(F)c1. The molecule has 0 aliphatic carbocycles. The van der Waals surface area contributed by atoms with E-state index in [1.807, 2.05) is 17.5 Å². The van der Waals surface area contributed by atoms with Crippen molar-refractivity contribution < 1.29 is 18.4 Å². The number of hydrogen-bond donors (Lipinski definition) is 2. The van der Waals surface area contributed by atoms with Gasteiger partial charge in [-0.2, -0.15) is 0 Å². The Labute approximate surface area is 149 Å². The Kier molecular flexibility index (Phi) is 5.15. The van der Waals surface area contributed by atoms with Crippen molar-refractivity contribution in [3.8, 4) is 9.88 Å². The first-order valence-electron chi connectivity index (χ1n) is 7.05. The Morgan fingerprint density at radius 1 is 1.12 bits per heavy atom. The van der Waals surface area contributed by atoms with Gasteiger partial charge in [-0.05, 0) is 23.6 Å². The fraction of sp³-hybridized carbons (Fsp3) is 0.0625. The van der Waals surface area contributed by atoms with Crippen LogP contribution < -0.4 is 10.6 Å². The van der Waals surface area contributed by atoms with Crippen LogP contribution in [-0.4, -0.2) is 23.3 Å². The van der Waals surface area contributed by atoms with Crippen molar-refractivity contribution in [2.75, 3.05) is 11.9 Å². The van der Waals surface area contributed by atoms with Crippen LogP contribution in [0.2, 0.25) is 0 Å². The van der Waals surface area contributed by atoms with Crippen molar-refractivity contribution in [3.63, 3.8) is 0 Å². The Balaban J connectivity index is 1.55. The van der Waals surface area contributed by atoms with Gasteiger partial charge in [0.2, 0.25) is 5.91 Å². The largest absolute Gasteiger partial charge is 0.342 e. The lowest BCUT2D eigenvalue weighted by Gasteiger charge is -2.06. The summed E-state index contributed by atoms with van der Waals surface area (Å²) in [5.74, 6) is -3.12. The molecule has 1 aromatic carbocycles. The molecule has 5 nitrogen and oxygen atoms in total. The second-order valence-electron chi connectivity index (χ2n) is 4.87. The van der Waals surface area contributed by atoms with Crippen LogP contribution in [0.25, 0.3) is 9.88 Å². The summed E-state index contributed by atoms with van der Waals surface area (Å²) in [5.41, 5.74) is 0.320. The van der Waals surface area contributed by atoms with Gasteiger partial charge in [-0.25, -0.2) is 13.8 Å². The van der Waals surface area contributed by atoms with E-state index >= 15 is 0 Å². The predicted molar refractivity (Wildman–Crippen MR) is 92.7 cm³/mol. The molecule has 9 heteroatoms. The third-order valence-corrected chi connectivity index (χ3v) is 4.96. The third-order valence-electron chi connectivity index (χ3n) is 3.08. The number of thiophene rings is 1. The standard InChI is InChI=1S/C16H11F2N3O2S2/c17-10-4-3-9(6-11(10)18)20-14(22)7-19-15(23)12-8-25-16(21-12)13-2-1-5-24-13/h1-6,8H,7H2,(H,19,23)(H,20,22). The van der Waals surface area contributed by atoms with E-state index < -0.39 is 23.4 Å². The van der Waals surface area contributed by atoms with Gasteiger partial charge in [-0.1, -0.05) is 6.07 Å². The quantitative estimate of drug-likeness (QED) is 0.713. The Bertz CT molecular complexity index is 910. The normalized spacial score (nSPS) is 10.5. The van der Waals surface area contributed by atoms with Gasteiger partial charge >= 0.3 is 0 Å². The van der Waals surface area contributed by atoms with E-state index in [0.29, 0.717) is 0 Å². The first-order valence-corrected chi connectivity index (χ1v) is 8.81. The lowest BCUT2D eigenvalue weighted by Crippen LogP contribution is -2.33. The molecule has 0 bridgehead atoms. The fourth-order valence-electron chi connectivity index (χ4n) is 1.92. The second kappa shape index (κ2) is 7.49. The molecule has 25 heavy (non-hydrogen) atoms. The van der Waals surface area contributed by atoms with Gasteiger partial charge in [0, 0.05) is 17.1 Å². The summed E-state index contributed by atoms with van der Waals surface area (Å²) < 4.78 is 25.9. The van der Waals surface area contributed by atoms with E-state index in [4.69, 9.17) is 0 Å². The van der Waals surface area contributed by atoms with E-state index in [1.165, 1.54) is 28.7 Å². The first-order chi connectivity index (χ1) is 12.0. The molecule has 0 fully saturated rings. The van der Waals surface area contributed by atoms with Crippen molar-refractivity contribution in [1.82, 2.24) is 10.3 Å². The number of hydrogen-bond acceptors (Lipinski definition) is 5. The zero-order valence-electron chi connectivity index (χ0n) is 12.6. The van der Waals surface area contributed by atoms with Gasteiger partial charge < -0.3 is 10.6 Å². The zero-order valence-corrected chi connectivity index (χ0v) is 14.2. The summed E-state index contributed by atoms with van der Waals surface area (Å²) in [6.07, 6.45) is 0. The number of nitrogens with one attached hydrogen (secondary N) is 2. The summed E-state index contributed by atoms with van der Waals surface area (Å²) in [7, 11) is 0. The van der Waals surface area contributed by atoms with Crippen LogP contribution in [0.5, 0.6) is 0 Å². The van der Waals surface area contributed by atoms with Crippen molar-refractivity contribution in [2.24, 2.45) is 0 Å². The first kappa shape index (κ1) is 17.2.